The van der Waals surface area contributed by atoms with Crippen LogP contribution in [-0.2, 0) is 20.4 Å². The number of hydrogen-bond acceptors (Lipinski definition) is 6. The molecule has 2 saturated carbocycles. The van der Waals surface area contributed by atoms with Crippen molar-refractivity contribution in [3.8, 4) is 0 Å². The van der Waals surface area contributed by atoms with Crippen molar-refractivity contribution in [1.29, 1.82) is 0 Å². The summed E-state index contributed by atoms with van der Waals surface area (Å²) >= 11 is 0. The molecule has 8 nitrogen and oxygen atoms in total. The largest absolute Gasteiger partial charge is 0.550 e. The number of likely N-dealkylation sites (tertiary alicyclic amines) is 2. The van der Waals surface area contributed by atoms with Crippen LogP contribution in [0.2, 0.25) is 0 Å². The predicted molar refractivity (Wildman–Crippen MR) is 240 cm³/mol. The summed E-state index contributed by atoms with van der Waals surface area (Å²) < 4.78 is 0. The summed E-state index contributed by atoms with van der Waals surface area (Å²) in [5.74, 6) is -0.616. The Bertz CT molecular complexity index is 1850. The van der Waals surface area contributed by atoms with Gasteiger partial charge in [0.2, 0.25) is 0 Å². The number of fused-ring (bicyclic) bond motifs is 2. The van der Waals surface area contributed by atoms with E-state index in [9.17, 15) is 29.4 Å². The van der Waals surface area contributed by atoms with Gasteiger partial charge in [-0.3, -0.25) is 9.59 Å². The maximum atomic E-state index is 12.5. The van der Waals surface area contributed by atoms with Crippen molar-refractivity contribution in [2.45, 2.75) is 114 Å². The number of carbonyl (C=O) groups is 4. The highest BCUT2D eigenvalue weighted by molar-refractivity contribution is 5.96. The average Bonchev–Trinajstić information content (AvgIpc) is 3.64. The number of nitrogens with one attached hydrogen (secondary N) is 2. The van der Waals surface area contributed by atoms with Crippen molar-refractivity contribution in [2.24, 2.45) is 11.8 Å². The third kappa shape index (κ3) is 12.8. The number of rotatable bonds is 13. The summed E-state index contributed by atoms with van der Waals surface area (Å²) in [4.78, 5) is 47.3. The number of ketones is 2. The Morgan fingerprint density at radius 1 is 0.452 bits per heavy atom. The van der Waals surface area contributed by atoms with Crippen LogP contribution in [0.3, 0.4) is 0 Å². The van der Waals surface area contributed by atoms with Gasteiger partial charge in [-0.05, 0) is 75.3 Å². The fourth-order valence-electron chi connectivity index (χ4n) is 11.4. The minimum absolute atomic E-state index is 0.297. The lowest BCUT2D eigenvalue weighted by Crippen LogP contribution is -3.12. The molecule has 6 unspecified atom stereocenters. The van der Waals surface area contributed by atoms with Crippen LogP contribution in [0, 0.1) is 11.8 Å². The molecule has 2 aliphatic heterocycles. The molecule has 8 rings (SSSR count). The summed E-state index contributed by atoms with van der Waals surface area (Å²) in [7, 11) is 0. The summed E-state index contributed by atoms with van der Waals surface area (Å²) in [5, 5.41) is 19.0. The van der Waals surface area contributed by atoms with Crippen molar-refractivity contribution in [1.82, 2.24) is 0 Å². The number of benzene rings is 4. The maximum Gasteiger partial charge on any atom is 0.168 e. The van der Waals surface area contributed by atoms with Crippen molar-refractivity contribution in [3.63, 3.8) is 0 Å². The molecular weight excluding hydrogens is 773 g/mol. The Morgan fingerprint density at radius 2 is 0.790 bits per heavy atom. The molecule has 4 aliphatic rings. The average molecular weight is 841 g/mol. The second-order valence-corrected chi connectivity index (χ2v) is 18.4. The fourth-order valence-corrected chi connectivity index (χ4v) is 11.4. The zero-order valence-electron chi connectivity index (χ0n) is 36.7. The van der Waals surface area contributed by atoms with Gasteiger partial charge in [-0.2, -0.15) is 0 Å². The van der Waals surface area contributed by atoms with Crippen molar-refractivity contribution >= 4 is 23.5 Å². The topological polar surface area (TPSA) is 123 Å². The molecule has 4 aromatic rings. The first-order chi connectivity index (χ1) is 30.2. The van der Waals surface area contributed by atoms with Crippen LogP contribution >= 0.6 is 0 Å². The van der Waals surface area contributed by atoms with Crippen molar-refractivity contribution in [2.75, 3.05) is 39.3 Å². The van der Waals surface area contributed by atoms with E-state index in [1.807, 2.05) is 60.7 Å². The summed E-state index contributed by atoms with van der Waals surface area (Å²) in [6.45, 7) is 6.86. The molecule has 330 valence electrons. The molecular formula is C54H68N2O6. The second-order valence-electron chi connectivity index (χ2n) is 18.4. The molecule has 0 bridgehead atoms. The lowest BCUT2D eigenvalue weighted by atomic mass is 9.61. The smallest absolute Gasteiger partial charge is 0.168 e. The molecule has 4 aromatic carbocycles. The van der Waals surface area contributed by atoms with Gasteiger partial charge in [0.1, 0.15) is 0 Å². The highest BCUT2D eigenvalue weighted by atomic mass is 16.4. The van der Waals surface area contributed by atoms with Crippen LogP contribution in [-0.4, -0.2) is 62.8 Å². The number of carboxylic acids is 2. The minimum Gasteiger partial charge on any atom is -0.550 e. The first-order valence-electron chi connectivity index (χ1n) is 23.5. The molecule has 8 heteroatoms. The van der Waals surface area contributed by atoms with Gasteiger partial charge in [0, 0.05) is 45.7 Å². The number of carbonyl (C=O) groups excluding carboxylic acids is 4. The van der Waals surface area contributed by atoms with E-state index in [1.54, 1.807) is 20.9 Å². The predicted octanol–water partition coefficient (Wildman–Crippen LogP) is 5.40. The number of Topliss-reactive ketones (excluding diaryl/α,β-unsaturated/α-hetero) is 2. The van der Waals surface area contributed by atoms with E-state index >= 15 is 0 Å². The highest BCUT2D eigenvalue weighted by Gasteiger charge is 2.46. The van der Waals surface area contributed by atoms with E-state index < -0.39 is 24.8 Å². The lowest BCUT2D eigenvalue weighted by Gasteiger charge is -2.43. The van der Waals surface area contributed by atoms with Gasteiger partial charge < -0.3 is 29.6 Å². The zero-order chi connectivity index (χ0) is 43.6. The second kappa shape index (κ2) is 23.5. The van der Waals surface area contributed by atoms with Crippen LogP contribution in [0.25, 0.3) is 0 Å². The number of quaternary nitrogens is 2. The highest BCUT2D eigenvalue weighted by Crippen LogP contribution is 2.48. The molecule has 0 amide bonds. The van der Waals surface area contributed by atoms with Crippen molar-refractivity contribution < 1.29 is 39.2 Å². The lowest BCUT2D eigenvalue weighted by molar-refractivity contribution is -0.902. The first-order valence-corrected chi connectivity index (χ1v) is 23.5. The van der Waals surface area contributed by atoms with Crippen LogP contribution in [0.15, 0.2) is 121 Å². The first kappa shape index (κ1) is 46.6. The Hall–Kier alpha value is -4.92. The van der Waals surface area contributed by atoms with Crippen LogP contribution in [0.5, 0.6) is 0 Å². The Morgan fingerprint density at radius 3 is 1.15 bits per heavy atom. The molecule has 0 radical (unpaired) electrons. The number of hydrogen-bond donors (Lipinski definition) is 2. The maximum absolute atomic E-state index is 12.5. The normalized spacial score (nSPS) is 25.6. The van der Waals surface area contributed by atoms with Gasteiger partial charge in [0.25, 0.3) is 0 Å². The zero-order valence-corrected chi connectivity index (χ0v) is 36.7. The SMILES string of the molecule is O=C(CC[NH+]1CCCC2(c3ccccc3)CCCCC2C1)c1ccccc1.O=C(CC[NH+]1CCCC2(c3ccccc3)CCCCC2C1)c1ccccc1.O=C([O-])CCC(=O)[O-]. The van der Waals surface area contributed by atoms with E-state index in [0.29, 0.717) is 35.2 Å². The van der Waals surface area contributed by atoms with Gasteiger partial charge >= 0.3 is 0 Å². The summed E-state index contributed by atoms with van der Waals surface area (Å²) in [6.07, 6.45) is 16.5. The Labute approximate surface area is 369 Å². The third-order valence-corrected chi connectivity index (χ3v) is 14.6. The molecule has 4 fully saturated rings. The monoisotopic (exact) mass is 841 g/mol. The standard InChI is InChI=1S/2C25H31NO.C4H6O4/c2*27-24(21-10-3-1-4-11-21)15-19-26-18-9-17-25(22-12-5-2-6-13-22)16-8-7-14-23(25)20-26;5-3(6)1-2-4(7)8/h2*1-6,10-13,23H,7-9,14-20H2;1-2H2,(H,5,6)(H,7,8). The number of carboxylic acid groups (broad SMARTS) is 2. The fraction of sp³-hybridized carbons (Fsp3) is 0.481. The molecule has 2 N–H and O–H groups in total. The quantitative estimate of drug-likeness (QED) is 0.174. The molecule has 2 saturated heterocycles. The minimum atomic E-state index is -1.37. The van der Waals surface area contributed by atoms with Gasteiger partial charge in [-0.15, -0.1) is 0 Å². The van der Waals surface area contributed by atoms with Gasteiger partial charge in [0.05, 0.1) is 52.1 Å². The van der Waals surface area contributed by atoms with Crippen LogP contribution in [0.1, 0.15) is 135 Å². The van der Waals surface area contributed by atoms with E-state index in [1.165, 1.54) is 103 Å². The van der Waals surface area contributed by atoms with Crippen LogP contribution < -0.4 is 20.0 Å². The van der Waals surface area contributed by atoms with E-state index in [0.717, 1.165) is 36.1 Å². The van der Waals surface area contributed by atoms with E-state index in [2.05, 4.69) is 60.7 Å². The number of aliphatic carboxylic acids is 2. The van der Waals surface area contributed by atoms with Gasteiger partial charge in [0.15, 0.2) is 11.6 Å². The van der Waals surface area contributed by atoms with Gasteiger partial charge in [-0.25, -0.2) is 0 Å². The molecule has 2 heterocycles. The molecule has 0 spiro atoms. The summed E-state index contributed by atoms with van der Waals surface area (Å²) in [6, 6.07) is 42.2. The molecule has 2 aliphatic carbocycles. The van der Waals surface area contributed by atoms with Crippen molar-refractivity contribution in [3.05, 3.63) is 144 Å². The summed E-state index contributed by atoms with van der Waals surface area (Å²) in [5.41, 5.74) is 5.62. The van der Waals surface area contributed by atoms with E-state index in [-0.39, 0.29) is 0 Å². The molecule has 62 heavy (non-hydrogen) atoms. The van der Waals surface area contributed by atoms with E-state index in [4.69, 9.17) is 0 Å². The van der Waals surface area contributed by atoms with Gasteiger partial charge in [-0.1, -0.05) is 147 Å². The Kier molecular flexibility index (Phi) is 17.7. The third-order valence-electron chi connectivity index (χ3n) is 14.6. The molecule has 6 atom stereocenters. The molecule has 0 aromatic heterocycles. The Balaban J connectivity index is 0.000000176. The van der Waals surface area contributed by atoms with Crippen LogP contribution in [0.4, 0.5) is 0 Å².